The quantitative estimate of drug-likeness (QED) is 0.301. The number of nitrogens with one attached hydrogen (secondary N) is 1. The highest BCUT2D eigenvalue weighted by molar-refractivity contribution is 7.42. The van der Waals surface area contributed by atoms with Gasteiger partial charge in [-0.3, -0.25) is 23.5 Å². The molecule has 0 spiro atoms. The first-order valence-electron chi connectivity index (χ1n) is 11.8. The van der Waals surface area contributed by atoms with E-state index in [1.54, 1.807) is 0 Å². The Labute approximate surface area is 212 Å². The molecule has 2 aliphatic heterocycles. The van der Waals surface area contributed by atoms with Crippen molar-refractivity contribution in [2.24, 2.45) is 0 Å². The summed E-state index contributed by atoms with van der Waals surface area (Å²) in [4.78, 5) is 23.7. The minimum atomic E-state index is -1.80. The lowest BCUT2D eigenvalue weighted by atomic mass is 9.78. The Hall–Kier alpha value is -2.13. The molecule has 3 atom stereocenters. The molecule has 0 aliphatic carbocycles. The zero-order chi connectivity index (χ0) is 26.8. The molecule has 0 bridgehead atoms. The molecule has 1 fully saturated rings. The average molecular weight is 529 g/mol. The van der Waals surface area contributed by atoms with Gasteiger partial charge >= 0.3 is 8.60 Å². The fourth-order valence-corrected chi connectivity index (χ4v) is 5.04. The summed E-state index contributed by atoms with van der Waals surface area (Å²) in [6, 6.07) is 1.87. The number of carbonyl (C=O) groups excluding carboxylic acids is 2. The Morgan fingerprint density at radius 3 is 2.47 bits per heavy atom. The van der Waals surface area contributed by atoms with Gasteiger partial charge in [-0.1, -0.05) is 41.5 Å². The van der Waals surface area contributed by atoms with E-state index in [0.717, 1.165) is 16.7 Å². The van der Waals surface area contributed by atoms with Crippen molar-refractivity contribution < 1.29 is 36.7 Å². The van der Waals surface area contributed by atoms with E-state index in [1.165, 1.54) is 7.05 Å². The lowest BCUT2D eigenvalue weighted by Gasteiger charge is -2.33. The fourth-order valence-electron chi connectivity index (χ4n) is 3.98. The van der Waals surface area contributed by atoms with Crippen LogP contribution >= 0.6 is 8.60 Å². The van der Waals surface area contributed by atoms with E-state index in [-0.39, 0.29) is 29.9 Å². The van der Waals surface area contributed by atoms with Crippen LogP contribution in [0.2, 0.25) is 0 Å². The summed E-state index contributed by atoms with van der Waals surface area (Å²) in [6.07, 6.45) is 1.06. The first-order valence-corrected chi connectivity index (χ1v) is 12.9. The van der Waals surface area contributed by atoms with E-state index in [0.29, 0.717) is 36.1 Å². The zero-order valence-corrected chi connectivity index (χ0v) is 22.7. The van der Waals surface area contributed by atoms with Crippen molar-refractivity contribution in [3.8, 4) is 5.75 Å². The first kappa shape index (κ1) is 28.4. The Balaban J connectivity index is 1.68. The fraction of sp³-hybridized carbons (Fsp3) is 0.600. The number of hydrogen-bond acceptors (Lipinski definition) is 6. The molecule has 11 heteroatoms. The Morgan fingerprint density at radius 1 is 1.22 bits per heavy atom. The second kappa shape index (κ2) is 11.1. The van der Waals surface area contributed by atoms with Crippen LogP contribution in [0, 0.1) is 5.82 Å². The van der Waals surface area contributed by atoms with Crippen molar-refractivity contribution >= 4 is 20.9 Å². The summed E-state index contributed by atoms with van der Waals surface area (Å²) in [7, 11) is -0.511. The second-order valence-corrected chi connectivity index (χ2v) is 12.0. The van der Waals surface area contributed by atoms with E-state index in [2.05, 4.69) is 5.32 Å². The zero-order valence-electron chi connectivity index (χ0n) is 21.8. The maximum Gasteiger partial charge on any atom is 0.397 e. The maximum absolute atomic E-state index is 15.4. The SMILES string of the molecule is CNC(=O)/C(F)=C\N(C=O)C1CCC(COP2OCc3c(F)c(C(C)(C)C)cc(C(C)(C)C)c3O2)O1. The van der Waals surface area contributed by atoms with Crippen LogP contribution in [0.5, 0.6) is 5.75 Å². The van der Waals surface area contributed by atoms with Crippen LogP contribution in [-0.4, -0.2) is 43.2 Å². The maximum atomic E-state index is 15.4. The summed E-state index contributed by atoms with van der Waals surface area (Å²) in [6.45, 7) is 12.2. The van der Waals surface area contributed by atoms with Crippen molar-refractivity contribution in [3.63, 3.8) is 0 Å². The summed E-state index contributed by atoms with van der Waals surface area (Å²) >= 11 is 0. The number of hydrogen-bond donors (Lipinski definition) is 1. The minimum Gasteiger partial charge on any atom is -0.426 e. The van der Waals surface area contributed by atoms with Gasteiger partial charge < -0.3 is 14.6 Å². The smallest absolute Gasteiger partial charge is 0.397 e. The van der Waals surface area contributed by atoms with Crippen LogP contribution in [0.3, 0.4) is 0 Å². The summed E-state index contributed by atoms with van der Waals surface area (Å²) < 4.78 is 52.6. The summed E-state index contributed by atoms with van der Waals surface area (Å²) in [5.74, 6) is -1.91. The van der Waals surface area contributed by atoms with E-state index in [9.17, 15) is 14.0 Å². The van der Waals surface area contributed by atoms with Crippen LogP contribution in [0.1, 0.15) is 71.1 Å². The van der Waals surface area contributed by atoms with Gasteiger partial charge in [-0.05, 0) is 35.3 Å². The van der Waals surface area contributed by atoms with Crippen molar-refractivity contribution in [1.82, 2.24) is 10.2 Å². The molecule has 1 saturated heterocycles. The Kier molecular flexibility index (Phi) is 8.76. The van der Waals surface area contributed by atoms with E-state index in [1.807, 2.05) is 47.6 Å². The number of amides is 2. The highest BCUT2D eigenvalue weighted by Crippen LogP contribution is 2.52. The average Bonchev–Trinajstić information content (AvgIpc) is 3.27. The van der Waals surface area contributed by atoms with Gasteiger partial charge in [0.15, 0.2) is 0 Å². The highest BCUT2D eigenvalue weighted by atomic mass is 31.2. The number of carbonyl (C=O) groups is 2. The molecule has 2 heterocycles. The molecule has 2 aliphatic rings. The molecule has 0 aromatic heterocycles. The molecule has 3 rings (SSSR count). The van der Waals surface area contributed by atoms with Crippen LogP contribution in [-0.2, 0) is 40.8 Å². The lowest BCUT2D eigenvalue weighted by molar-refractivity contribution is -0.127. The van der Waals surface area contributed by atoms with Crippen LogP contribution in [0.15, 0.2) is 18.1 Å². The van der Waals surface area contributed by atoms with Crippen molar-refractivity contribution in [3.05, 3.63) is 40.6 Å². The monoisotopic (exact) mass is 528 g/mol. The van der Waals surface area contributed by atoms with Crippen molar-refractivity contribution in [2.45, 2.75) is 84.2 Å². The highest BCUT2D eigenvalue weighted by Gasteiger charge is 2.37. The van der Waals surface area contributed by atoms with Gasteiger partial charge in [-0.2, -0.15) is 4.39 Å². The number of likely N-dealkylation sites (N-methyl/N-ethyl adjacent to an activating group) is 1. The van der Waals surface area contributed by atoms with Crippen molar-refractivity contribution in [2.75, 3.05) is 13.7 Å². The van der Waals surface area contributed by atoms with E-state index >= 15 is 4.39 Å². The number of benzene rings is 1. The Morgan fingerprint density at radius 2 is 1.89 bits per heavy atom. The predicted octanol–water partition coefficient (Wildman–Crippen LogP) is 5.09. The number of fused-ring (bicyclic) bond motifs is 1. The number of ether oxygens (including phenoxy) is 1. The first-order chi connectivity index (χ1) is 16.8. The number of nitrogens with zero attached hydrogens (tertiary/aromatic N) is 1. The van der Waals surface area contributed by atoms with E-state index < -0.39 is 32.7 Å². The molecule has 2 amide bonds. The number of rotatable bonds is 7. The predicted molar refractivity (Wildman–Crippen MR) is 131 cm³/mol. The van der Waals surface area contributed by atoms with Crippen molar-refractivity contribution in [1.29, 1.82) is 0 Å². The third kappa shape index (κ3) is 6.40. The van der Waals surface area contributed by atoms with Crippen LogP contribution < -0.4 is 9.84 Å². The number of halogens is 2. The minimum absolute atomic E-state index is 0.0243. The standard InChI is InChI=1S/C25H35F2N2O6P/c1-24(2,3)17-10-18(25(4,5)6)22-16(21(17)27)13-33-36(35-22)32-12-15-8-9-20(34-15)29(14-30)11-19(26)23(31)28-7/h10-11,14-15,20H,8-9,12-13H2,1-7H3,(H,28,31)/b19-11+. The molecule has 1 aromatic carbocycles. The summed E-state index contributed by atoms with van der Waals surface area (Å²) in [5.41, 5.74) is 1.19. The second-order valence-electron chi connectivity index (χ2n) is 10.9. The van der Waals surface area contributed by atoms with Gasteiger partial charge in [-0.25, -0.2) is 4.39 Å². The van der Waals surface area contributed by atoms with Gasteiger partial charge in [0.1, 0.15) is 17.8 Å². The lowest BCUT2D eigenvalue weighted by Crippen LogP contribution is -2.32. The molecule has 3 unspecified atom stereocenters. The molecule has 1 aromatic rings. The van der Waals surface area contributed by atoms with Crippen LogP contribution in [0.4, 0.5) is 8.78 Å². The largest absolute Gasteiger partial charge is 0.426 e. The van der Waals surface area contributed by atoms with Gasteiger partial charge in [-0.15, -0.1) is 0 Å². The molecular formula is C25H35F2N2O6P. The van der Waals surface area contributed by atoms with Gasteiger partial charge in [0.2, 0.25) is 12.2 Å². The van der Waals surface area contributed by atoms with Gasteiger partial charge in [0, 0.05) is 12.6 Å². The topological polar surface area (TPSA) is 86.3 Å². The molecule has 36 heavy (non-hydrogen) atoms. The molecule has 0 saturated carbocycles. The molecule has 8 nitrogen and oxygen atoms in total. The van der Waals surface area contributed by atoms with Gasteiger partial charge in [0.25, 0.3) is 5.91 Å². The molecule has 200 valence electrons. The molecular weight excluding hydrogens is 493 g/mol. The third-order valence-electron chi connectivity index (χ3n) is 6.02. The van der Waals surface area contributed by atoms with Crippen LogP contribution in [0.25, 0.3) is 0 Å². The summed E-state index contributed by atoms with van der Waals surface area (Å²) in [5, 5.41) is 2.15. The molecule has 1 N–H and O–H groups in total. The van der Waals surface area contributed by atoms with Gasteiger partial charge in [0.05, 0.1) is 31.1 Å². The molecule has 0 radical (unpaired) electrons. The normalized spacial score (nSPS) is 22.6. The van der Waals surface area contributed by atoms with E-state index in [4.69, 9.17) is 18.3 Å². The Bertz CT molecular complexity index is 1020. The third-order valence-corrected chi connectivity index (χ3v) is 7.05.